The molecule has 1 aliphatic heterocycles. The Kier molecular flexibility index (Phi) is 6.77. The molecule has 0 bridgehead atoms. The van der Waals surface area contributed by atoms with Crippen molar-refractivity contribution in [2.45, 2.75) is 32.4 Å². The number of carbonyl (C=O) groups excluding carboxylic acids is 2. The van der Waals surface area contributed by atoms with Crippen LogP contribution in [0.3, 0.4) is 0 Å². The van der Waals surface area contributed by atoms with Gasteiger partial charge in [0.15, 0.2) is 0 Å². The molecule has 0 aliphatic carbocycles. The fourth-order valence-electron chi connectivity index (χ4n) is 3.01. The molecule has 2 rings (SSSR count). The summed E-state index contributed by atoms with van der Waals surface area (Å²) in [4.78, 5) is 39.0. The van der Waals surface area contributed by atoms with Crippen LogP contribution in [0.15, 0.2) is 36.9 Å². The van der Waals surface area contributed by atoms with Crippen LogP contribution >= 0.6 is 0 Å². The van der Waals surface area contributed by atoms with Gasteiger partial charge in [-0.05, 0) is 18.1 Å². The smallest absolute Gasteiger partial charge is 0.326 e. The zero-order valence-corrected chi connectivity index (χ0v) is 14.9. The van der Waals surface area contributed by atoms with E-state index in [4.69, 9.17) is 4.74 Å². The summed E-state index contributed by atoms with van der Waals surface area (Å²) in [6.45, 7) is 6.22. The first kappa shape index (κ1) is 19.5. The second-order valence-corrected chi connectivity index (χ2v) is 6.03. The van der Waals surface area contributed by atoms with Gasteiger partial charge in [0, 0.05) is 26.1 Å². The van der Waals surface area contributed by atoms with Crippen molar-refractivity contribution in [1.29, 1.82) is 0 Å². The van der Waals surface area contributed by atoms with Gasteiger partial charge in [-0.15, -0.1) is 6.58 Å². The van der Waals surface area contributed by atoms with Crippen molar-refractivity contribution < 1.29 is 24.2 Å². The first-order valence-corrected chi connectivity index (χ1v) is 8.59. The summed E-state index contributed by atoms with van der Waals surface area (Å²) < 4.78 is 4.89. The summed E-state index contributed by atoms with van der Waals surface area (Å²) in [6.07, 6.45) is 1.86. The third-order valence-electron chi connectivity index (χ3n) is 4.29. The SMILES string of the molecule is C=CCN(CCC(=O)OCC)C(=O)N1Cc2ccccc2C[C@H]1C(=O)O. The van der Waals surface area contributed by atoms with Gasteiger partial charge in [0.05, 0.1) is 13.0 Å². The number of rotatable bonds is 7. The molecule has 1 atom stereocenters. The van der Waals surface area contributed by atoms with E-state index in [9.17, 15) is 19.5 Å². The van der Waals surface area contributed by atoms with Gasteiger partial charge in [0.1, 0.15) is 6.04 Å². The Morgan fingerprint density at radius 2 is 2.04 bits per heavy atom. The second kappa shape index (κ2) is 9.03. The molecule has 7 nitrogen and oxygen atoms in total. The highest BCUT2D eigenvalue weighted by molar-refractivity contribution is 5.84. The number of ether oxygens (including phenoxy) is 1. The molecule has 0 fully saturated rings. The summed E-state index contributed by atoms with van der Waals surface area (Å²) in [5.74, 6) is -1.44. The molecule has 2 amide bonds. The first-order chi connectivity index (χ1) is 12.5. The number of esters is 1. The lowest BCUT2D eigenvalue weighted by Gasteiger charge is -2.37. The van der Waals surface area contributed by atoms with E-state index in [1.54, 1.807) is 13.0 Å². The largest absolute Gasteiger partial charge is 0.480 e. The minimum Gasteiger partial charge on any atom is -0.480 e. The van der Waals surface area contributed by atoms with Crippen LogP contribution < -0.4 is 0 Å². The van der Waals surface area contributed by atoms with E-state index >= 15 is 0 Å². The molecule has 1 aliphatic rings. The standard InChI is InChI=1S/C19H24N2O5/c1-3-10-20(11-9-17(22)26-4-2)19(25)21-13-15-8-6-5-7-14(15)12-16(21)18(23)24/h3,5-8,16H,1,4,9-13H2,2H3,(H,23,24)/t16-/m0/s1. The molecule has 1 heterocycles. The molecular weight excluding hydrogens is 336 g/mol. The van der Waals surface area contributed by atoms with Crippen molar-refractivity contribution in [3.63, 3.8) is 0 Å². The Morgan fingerprint density at radius 1 is 1.35 bits per heavy atom. The van der Waals surface area contributed by atoms with E-state index in [0.717, 1.165) is 11.1 Å². The molecule has 26 heavy (non-hydrogen) atoms. The number of benzene rings is 1. The normalized spacial score (nSPS) is 15.7. The van der Waals surface area contributed by atoms with Crippen LogP contribution in [0.2, 0.25) is 0 Å². The van der Waals surface area contributed by atoms with E-state index in [2.05, 4.69) is 6.58 Å². The number of hydrogen-bond acceptors (Lipinski definition) is 4. The monoisotopic (exact) mass is 360 g/mol. The van der Waals surface area contributed by atoms with Crippen molar-refractivity contribution in [3.8, 4) is 0 Å². The molecule has 1 N–H and O–H groups in total. The van der Waals surface area contributed by atoms with E-state index in [1.807, 2.05) is 24.3 Å². The predicted molar refractivity (Wildman–Crippen MR) is 95.5 cm³/mol. The highest BCUT2D eigenvalue weighted by Crippen LogP contribution is 2.24. The third-order valence-corrected chi connectivity index (χ3v) is 4.29. The molecule has 0 saturated heterocycles. The summed E-state index contributed by atoms with van der Waals surface area (Å²) in [5, 5.41) is 9.58. The molecule has 0 saturated carbocycles. The minimum absolute atomic E-state index is 0.0512. The number of nitrogens with zero attached hydrogens (tertiary/aromatic N) is 2. The second-order valence-electron chi connectivity index (χ2n) is 6.03. The van der Waals surface area contributed by atoms with Crippen molar-refractivity contribution in [3.05, 3.63) is 48.0 Å². The number of carbonyl (C=O) groups is 3. The molecule has 0 unspecified atom stereocenters. The molecule has 0 radical (unpaired) electrons. The van der Waals surface area contributed by atoms with Crippen molar-refractivity contribution in [2.75, 3.05) is 19.7 Å². The quantitative estimate of drug-likeness (QED) is 0.594. The number of aliphatic carboxylic acids is 1. The molecular formula is C19H24N2O5. The van der Waals surface area contributed by atoms with Crippen LogP contribution in [-0.2, 0) is 27.3 Å². The van der Waals surface area contributed by atoms with Gasteiger partial charge in [-0.25, -0.2) is 9.59 Å². The summed E-state index contributed by atoms with van der Waals surface area (Å²) in [5.41, 5.74) is 1.87. The zero-order valence-electron chi connectivity index (χ0n) is 14.9. The Balaban J connectivity index is 2.18. The topological polar surface area (TPSA) is 87.2 Å². The van der Waals surface area contributed by atoms with Gasteiger partial charge in [-0.3, -0.25) is 4.79 Å². The van der Waals surface area contributed by atoms with Gasteiger partial charge >= 0.3 is 18.0 Å². The first-order valence-electron chi connectivity index (χ1n) is 8.59. The van der Waals surface area contributed by atoms with Crippen LogP contribution in [0.25, 0.3) is 0 Å². The number of carboxylic acids is 1. The van der Waals surface area contributed by atoms with E-state index in [-0.39, 0.29) is 39.1 Å². The molecule has 0 spiro atoms. The number of hydrogen-bond donors (Lipinski definition) is 1. The van der Waals surface area contributed by atoms with Crippen LogP contribution in [0.1, 0.15) is 24.5 Å². The van der Waals surface area contributed by atoms with Crippen molar-refractivity contribution >= 4 is 18.0 Å². The lowest BCUT2D eigenvalue weighted by molar-refractivity contribution is -0.144. The Morgan fingerprint density at radius 3 is 2.65 bits per heavy atom. The van der Waals surface area contributed by atoms with E-state index < -0.39 is 24.0 Å². The maximum absolute atomic E-state index is 13.0. The zero-order chi connectivity index (χ0) is 19.1. The molecule has 0 aromatic heterocycles. The molecule has 1 aromatic carbocycles. The maximum Gasteiger partial charge on any atom is 0.326 e. The van der Waals surface area contributed by atoms with Crippen LogP contribution in [0.5, 0.6) is 0 Å². The summed E-state index contributed by atoms with van der Waals surface area (Å²) in [7, 11) is 0. The average molecular weight is 360 g/mol. The average Bonchev–Trinajstić information content (AvgIpc) is 2.63. The number of amides is 2. The fourth-order valence-corrected chi connectivity index (χ4v) is 3.01. The van der Waals surface area contributed by atoms with Gasteiger partial charge in [-0.2, -0.15) is 0 Å². The van der Waals surface area contributed by atoms with Gasteiger partial charge in [-0.1, -0.05) is 30.3 Å². The minimum atomic E-state index is -1.04. The van der Waals surface area contributed by atoms with Gasteiger partial charge in [0.25, 0.3) is 0 Å². The molecule has 1 aromatic rings. The molecule has 140 valence electrons. The Labute approximate surface area is 152 Å². The highest BCUT2D eigenvalue weighted by atomic mass is 16.5. The number of carboxylic acid groups (broad SMARTS) is 1. The lowest BCUT2D eigenvalue weighted by Crippen LogP contribution is -2.53. The number of urea groups is 1. The van der Waals surface area contributed by atoms with Gasteiger partial charge in [0.2, 0.25) is 0 Å². The van der Waals surface area contributed by atoms with Crippen LogP contribution in [-0.4, -0.2) is 58.6 Å². The maximum atomic E-state index is 13.0. The predicted octanol–water partition coefficient (Wildman–Crippen LogP) is 2.06. The lowest BCUT2D eigenvalue weighted by atomic mass is 9.94. The Hall–Kier alpha value is -2.83. The van der Waals surface area contributed by atoms with Gasteiger partial charge < -0.3 is 19.6 Å². The number of fused-ring (bicyclic) bond motifs is 1. The summed E-state index contributed by atoms with van der Waals surface area (Å²) in [6, 6.07) is 6.14. The van der Waals surface area contributed by atoms with Crippen LogP contribution in [0, 0.1) is 0 Å². The Bertz CT molecular complexity index is 688. The summed E-state index contributed by atoms with van der Waals surface area (Å²) >= 11 is 0. The van der Waals surface area contributed by atoms with E-state index in [0.29, 0.717) is 0 Å². The van der Waals surface area contributed by atoms with Crippen molar-refractivity contribution in [2.24, 2.45) is 0 Å². The fraction of sp³-hybridized carbons (Fsp3) is 0.421. The van der Waals surface area contributed by atoms with Crippen LogP contribution in [0.4, 0.5) is 4.79 Å². The highest BCUT2D eigenvalue weighted by Gasteiger charge is 2.36. The molecule has 7 heteroatoms. The van der Waals surface area contributed by atoms with Crippen molar-refractivity contribution in [1.82, 2.24) is 9.80 Å². The van der Waals surface area contributed by atoms with E-state index in [1.165, 1.54) is 9.80 Å². The third kappa shape index (κ3) is 4.62.